The summed E-state index contributed by atoms with van der Waals surface area (Å²) in [6.07, 6.45) is -7.16. The normalized spacial score (nSPS) is 33.7. The molecule has 1 saturated heterocycles. The first-order chi connectivity index (χ1) is 11.4. The van der Waals surface area contributed by atoms with Crippen molar-refractivity contribution in [1.29, 1.82) is 0 Å². The van der Waals surface area contributed by atoms with Crippen LogP contribution in [-0.4, -0.2) is 73.1 Å². The Kier molecular flexibility index (Phi) is 4.43. The van der Waals surface area contributed by atoms with E-state index in [4.69, 9.17) is 9.84 Å². The fourth-order valence-electron chi connectivity index (χ4n) is 2.91. The van der Waals surface area contributed by atoms with Gasteiger partial charge in [-0.05, 0) is 17.5 Å². The maximum atomic E-state index is 12.5. The van der Waals surface area contributed by atoms with Crippen molar-refractivity contribution >= 4 is 16.7 Å². The Labute approximate surface area is 136 Å². The standard InChI is InChI=1S/C16H19NO7/c18-7-11-13(20)14(21)15(22)16(23,24-11)12(19)6-9-5-8-3-1-2-4-10(8)17-9/h1-5,11,13-15,17-18,20-23H,6-7H2/t11-,13-,14+,15-,16-/m1/s1. The third kappa shape index (κ3) is 2.73. The highest BCUT2D eigenvalue weighted by Gasteiger charge is 2.56. The summed E-state index contributed by atoms with van der Waals surface area (Å²) >= 11 is 0. The molecule has 1 aliphatic heterocycles. The van der Waals surface area contributed by atoms with Crippen molar-refractivity contribution in [2.45, 2.75) is 36.6 Å². The number of carbonyl (C=O) groups excluding carboxylic acids is 1. The van der Waals surface area contributed by atoms with E-state index < -0.39 is 42.6 Å². The lowest BCUT2D eigenvalue weighted by molar-refractivity contribution is -0.330. The molecular weight excluding hydrogens is 318 g/mol. The van der Waals surface area contributed by atoms with Gasteiger partial charge in [-0.15, -0.1) is 0 Å². The molecule has 1 fully saturated rings. The third-order valence-electron chi connectivity index (χ3n) is 4.30. The van der Waals surface area contributed by atoms with Gasteiger partial charge in [0.05, 0.1) is 13.0 Å². The third-order valence-corrected chi connectivity index (χ3v) is 4.30. The molecule has 0 saturated carbocycles. The highest BCUT2D eigenvalue weighted by atomic mass is 16.7. The maximum absolute atomic E-state index is 12.5. The molecule has 6 N–H and O–H groups in total. The van der Waals surface area contributed by atoms with E-state index in [0.29, 0.717) is 5.69 Å². The van der Waals surface area contributed by atoms with Crippen LogP contribution >= 0.6 is 0 Å². The fourth-order valence-corrected chi connectivity index (χ4v) is 2.91. The molecule has 0 aliphatic carbocycles. The van der Waals surface area contributed by atoms with E-state index in [2.05, 4.69) is 4.98 Å². The van der Waals surface area contributed by atoms with Gasteiger partial charge in [-0.3, -0.25) is 4.79 Å². The maximum Gasteiger partial charge on any atom is 0.256 e. The summed E-state index contributed by atoms with van der Waals surface area (Å²) in [6, 6.07) is 9.07. The SMILES string of the molecule is O=C(Cc1cc2ccccc2[nH]1)[C@@]1(O)O[C@H](CO)[C@@H](O)[C@H](O)[C@H]1O. The first kappa shape index (κ1) is 17.0. The van der Waals surface area contributed by atoms with Crippen LogP contribution in [0.3, 0.4) is 0 Å². The number of benzene rings is 1. The van der Waals surface area contributed by atoms with Gasteiger partial charge < -0.3 is 35.3 Å². The zero-order chi connectivity index (χ0) is 17.5. The minimum Gasteiger partial charge on any atom is -0.394 e. The number of ketones is 1. The van der Waals surface area contributed by atoms with Crippen molar-refractivity contribution in [1.82, 2.24) is 4.98 Å². The molecule has 3 rings (SSSR count). The highest BCUT2D eigenvalue weighted by molar-refractivity contribution is 5.90. The Bertz CT molecular complexity index is 710. The summed E-state index contributed by atoms with van der Waals surface area (Å²) in [5.41, 5.74) is 1.30. The number of aliphatic hydroxyl groups is 5. The lowest BCUT2D eigenvalue weighted by atomic mass is 9.89. The average Bonchev–Trinajstić information content (AvgIpc) is 2.98. The number of rotatable bonds is 4. The van der Waals surface area contributed by atoms with E-state index >= 15 is 0 Å². The van der Waals surface area contributed by atoms with E-state index in [9.17, 15) is 25.2 Å². The zero-order valence-corrected chi connectivity index (χ0v) is 12.7. The Morgan fingerprint density at radius 2 is 1.92 bits per heavy atom. The number of carbonyl (C=O) groups is 1. The molecule has 24 heavy (non-hydrogen) atoms. The van der Waals surface area contributed by atoms with Gasteiger partial charge in [0.25, 0.3) is 5.79 Å². The van der Waals surface area contributed by atoms with Crippen LogP contribution < -0.4 is 0 Å². The fraction of sp³-hybridized carbons (Fsp3) is 0.438. The van der Waals surface area contributed by atoms with Crippen molar-refractivity contribution < 1.29 is 35.1 Å². The predicted molar refractivity (Wildman–Crippen MR) is 81.9 cm³/mol. The number of nitrogens with one attached hydrogen (secondary N) is 1. The summed E-state index contributed by atoms with van der Waals surface area (Å²) in [5.74, 6) is -3.62. The van der Waals surface area contributed by atoms with Crippen molar-refractivity contribution in [3.8, 4) is 0 Å². The number of hydrogen-bond acceptors (Lipinski definition) is 7. The molecule has 0 bridgehead atoms. The lowest BCUT2D eigenvalue weighted by Gasteiger charge is -2.44. The number of ether oxygens (including phenoxy) is 1. The Morgan fingerprint density at radius 1 is 1.21 bits per heavy atom. The molecule has 2 aromatic rings. The van der Waals surface area contributed by atoms with Gasteiger partial charge in [0, 0.05) is 11.2 Å². The van der Waals surface area contributed by atoms with Crippen LogP contribution in [0.15, 0.2) is 30.3 Å². The van der Waals surface area contributed by atoms with Crippen LogP contribution in [0.5, 0.6) is 0 Å². The molecule has 0 unspecified atom stereocenters. The highest BCUT2D eigenvalue weighted by Crippen LogP contribution is 2.30. The van der Waals surface area contributed by atoms with Gasteiger partial charge in [-0.1, -0.05) is 18.2 Å². The van der Waals surface area contributed by atoms with Crippen LogP contribution in [0.1, 0.15) is 5.69 Å². The zero-order valence-electron chi connectivity index (χ0n) is 12.7. The van der Waals surface area contributed by atoms with Crippen molar-refractivity contribution in [3.05, 3.63) is 36.0 Å². The molecule has 1 aliphatic rings. The second kappa shape index (κ2) is 6.25. The first-order valence-corrected chi connectivity index (χ1v) is 7.52. The Hall–Kier alpha value is -1.81. The number of aromatic amines is 1. The number of hydrogen-bond donors (Lipinski definition) is 6. The molecule has 1 aromatic carbocycles. The summed E-state index contributed by atoms with van der Waals surface area (Å²) in [7, 11) is 0. The topological polar surface area (TPSA) is 143 Å². The molecule has 130 valence electrons. The van der Waals surface area contributed by atoms with Crippen LogP contribution in [0, 0.1) is 0 Å². The number of H-pyrrole nitrogens is 1. The molecule has 1 aromatic heterocycles. The largest absolute Gasteiger partial charge is 0.394 e. The van der Waals surface area contributed by atoms with Gasteiger partial charge >= 0.3 is 0 Å². The van der Waals surface area contributed by atoms with Gasteiger partial charge in [-0.2, -0.15) is 0 Å². The molecule has 2 heterocycles. The number of para-hydroxylation sites is 1. The van der Waals surface area contributed by atoms with Crippen LogP contribution in [0.25, 0.3) is 10.9 Å². The number of fused-ring (bicyclic) bond motifs is 1. The van der Waals surface area contributed by atoms with Gasteiger partial charge in [0.15, 0.2) is 0 Å². The van der Waals surface area contributed by atoms with Crippen molar-refractivity contribution in [2.24, 2.45) is 0 Å². The molecule has 5 atom stereocenters. The van der Waals surface area contributed by atoms with E-state index in [-0.39, 0.29) is 6.42 Å². The second-order valence-electron chi connectivity index (χ2n) is 5.94. The number of aliphatic hydroxyl groups excluding tert-OH is 4. The number of Topliss-reactive ketones (excluding diaryl/α,β-unsaturated/α-hetero) is 1. The van der Waals surface area contributed by atoms with Crippen molar-refractivity contribution in [3.63, 3.8) is 0 Å². The summed E-state index contributed by atoms with van der Waals surface area (Å²) < 4.78 is 5.01. The molecule has 0 spiro atoms. The smallest absolute Gasteiger partial charge is 0.256 e. The lowest BCUT2D eigenvalue weighted by Crippen LogP contribution is -2.68. The van der Waals surface area contributed by atoms with E-state index in [1.54, 1.807) is 6.07 Å². The molecule has 0 amide bonds. The quantitative estimate of drug-likeness (QED) is 0.396. The average molecular weight is 337 g/mol. The molecule has 0 radical (unpaired) electrons. The molecular formula is C16H19NO7. The summed E-state index contributed by atoms with van der Waals surface area (Å²) in [5, 5.41) is 49.9. The van der Waals surface area contributed by atoms with Gasteiger partial charge in [0.2, 0.25) is 5.78 Å². The second-order valence-corrected chi connectivity index (χ2v) is 5.94. The monoisotopic (exact) mass is 337 g/mol. The van der Waals surface area contributed by atoms with Crippen LogP contribution in [-0.2, 0) is 16.0 Å². The van der Waals surface area contributed by atoms with Crippen molar-refractivity contribution in [2.75, 3.05) is 6.61 Å². The molecule has 8 heteroatoms. The summed E-state index contributed by atoms with van der Waals surface area (Å²) in [6.45, 7) is -0.729. The van der Waals surface area contributed by atoms with E-state index in [1.165, 1.54) is 0 Å². The van der Waals surface area contributed by atoms with E-state index in [0.717, 1.165) is 10.9 Å². The van der Waals surface area contributed by atoms with Crippen LogP contribution in [0.2, 0.25) is 0 Å². The first-order valence-electron chi connectivity index (χ1n) is 7.52. The summed E-state index contributed by atoms with van der Waals surface area (Å²) in [4.78, 5) is 15.5. The van der Waals surface area contributed by atoms with E-state index in [1.807, 2.05) is 24.3 Å². The Morgan fingerprint density at radius 3 is 2.58 bits per heavy atom. The minimum absolute atomic E-state index is 0.288. The number of aromatic nitrogens is 1. The minimum atomic E-state index is -2.72. The predicted octanol–water partition coefficient (Wildman–Crippen LogP) is -1.56. The van der Waals surface area contributed by atoms with Gasteiger partial charge in [-0.25, -0.2) is 0 Å². The molecule has 8 nitrogen and oxygen atoms in total. The van der Waals surface area contributed by atoms with Crippen LogP contribution in [0.4, 0.5) is 0 Å². The van der Waals surface area contributed by atoms with Gasteiger partial charge in [0.1, 0.15) is 24.4 Å². The Balaban J connectivity index is 1.84.